The molecular formula is C12H12N2O3. The van der Waals surface area contributed by atoms with E-state index in [-0.39, 0.29) is 11.5 Å². The predicted molar refractivity (Wildman–Crippen MR) is 63.7 cm³/mol. The number of rotatable bonds is 3. The van der Waals surface area contributed by atoms with E-state index < -0.39 is 4.92 Å². The van der Waals surface area contributed by atoms with Crippen LogP contribution in [0.25, 0.3) is 0 Å². The highest BCUT2D eigenvalue weighted by molar-refractivity contribution is 5.91. The number of hydrogen-bond acceptors (Lipinski definition) is 4. The summed E-state index contributed by atoms with van der Waals surface area (Å²) in [7, 11) is 0. The van der Waals surface area contributed by atoms with E-state index in [2.05, 4.69) is 5.32 Å². The second-order valence-electron chi connectivity index (χ2n) is 3.89. The first-order valence-corrected chi connectivity index (χ1v) is 5.40. The van der Waals surface area contributed by atoms with E-state index in [1.165, 1.54) is 12.1 Å². The van der Waals surface area contributed by atoms with Gasteiger partial charge < -0.3 is 5.32 Å². The largest absolute Gasteiger partial charge is 0.353 e. The first-order valence-electron chi connectivity index (χ1n) is 5.40. The van der Waals surface area contributed by atoms with Crippen LogP contribution >= 0.6 is 0 Å². The van der Waals surface area contributed by atoms with Crippen LogP contribution in [0.5, 0.6) is 0 Å². The Morgan fingerprint density at radius 1 is 1.24 bits per heavy atom. The van der Waals surface area contributed by atoms with Gasteiger partial charge in [0.2, 0.25) is 0 Å². The summed E-state index contributed by atoms with van der Waals surface area (Å²) in [4.78, 5) is 21.6. The zero-order valence-electron chi connectivity index (χ0n) is 9.18. The Hall–Kier alpha value is -2.17. The van der Waals surface area contributed by atoms with Gasteiger partial charge in [-0.1, -0.05) is 12.1 Å². The van der Waals surface area contributed by atoms with Gasteiger partial charge in [0.05, 0.1) is 4.92 Å². The number of ketones is 1. The predicted octanol–water partition coefficient (Wildman–Crippen LogP) is 2.64. The Balaban J connectivity index is 2.24. The molecular weight excluding hydrogens is 220 g/mol. The zero-order chi connectivity index (χ0) is 12.3. The van der Waals surface area contributed by atoms with Crippen molar-refractivity contribution < 1.29 is 9.72 Å². The molecule has 1 aliphatic carbocycles. The second-order valence-corrected chi connectivity index (χ2v) is 3.89. The molecule has 0 amide bonds. The molecule has 0 unspecified atom stereocenters. The van der Waals surface area contributed by atoms with Crippen LogP contribution in [0, 0.1) is 10.1 Å². The normalized spacial score (nSPS) is 15.3. The molecule has 0 spiro atoms. The second kappa shape index (κ2) is 4.78. The summed E-state index contributed by atoms with van der Waals surface area (Å²) in [6, 6.07) is 6.41. The highest BCUT2D eigenvalue weighted by atomic mass is 16.6. The van der Waals surface area contributed by atoms with Crippen LogP contribution in [0.4, 0.5) is 11.4 Å². The van der Waals surface area contributed by atoms with Crippen molar-refractivity contribution in [1.82, 2.24) is 0 Å². The Kier molecular flexibility index (Phi) is 3.18. The molecule has 5 heteroatoms. The maximum Gasteiger partial charge on any atom is 0.292 e. The number of nitrogens with zero attached hydrogens (tertiary/aromatic N) is 1. The highest BCUT2D eigenvalue weighted by Crippen LogP contribution is 2.26. The molecule has 5 nitrogen and oxygen atoms in total. The molecule has 0 saturated carbocycles. The smallest absolute Gasteiger partial charge is 0.292 e. The third-order valence-corrected chi connectivity index (χ3v) is 2.60. The monoisotopic (exact) mass is 232 g/mol. The fraction of sp³-hybridized carbons (Fsp3) is 0.250. The third kappa shape index (κ3) is 2.69. The number of hydrogen-bond donors (Lipinski definition) is 1. The molecule has 88 valence electrons. The average Bonchev–Trinajstić information content (AvgIpc) is 2.29. The number of nitrogens with one attached hydrogen (secondary N) is 1. The molecule has 0 radical (unpaired) electrons. The molecule has 1 aromatic carbocycles. The zero-order valence-corrected chi connectivity index (χ0v) is 9.18. The van der Waals surface area contributed by atoms with Gasteiger partial charge >= 0.3 is 0 Å². The van der Waals surface area contributed by atoms with Crippen LogP contribution in [0.2, 0.25) is 0 Å². The van der Waals surface area contributed by atoms with E-state index in [1.807, 2.05) is 0 Å². The molecule has 0 aromatic heterocycles. The summed E-state index contributed by atoms with van der Waals surface area (Å²) in [5.74, 6) is 0.0670. The van der Waals surface area contributed by atoms with E-state index in [4.69, 9.17) is 0 Å². The van der Waals surface area contributed by atoms with Crippen molar-refractivity contribution in [2.24, 2.45) is 0 Å². The summed E-state index contributed by atoms with van der Waals surface area (Å²) < 4.78 is 0. The fourth-order valence-corrected chi connectivity index (χ4v) is 1.80. The van der Waals surface area contributed by atoms with Crippen molar-refractivity contribution in [2.45, 2.75) is 19.3 Å². The van der Waals surface area contributed by atoms with Crippen molar-refractivity contribution in [2.75, 3.05) is 5.32 Å². The molecule has 0 saturated heterocycles. The lowest BCUT2D eigenvalue weighted by molar-refractivity contribution is -0.383. The summed E-state index contributed by atoms with van der Waals surface area (Å²) in [5, 5.41) is 13.8. The van der Waals surface area contributed by atoms with Gasteiger partial charge in [-0.3, -0.25) is 14.9 Å². The lowest BCUT2D eigenvalue weighted by Gasteiger charge is -2.14. The fourth-order valence-electron chi connectivity index (χ4n) is 1.80. The minimum Gasteiger partial charge on any atom is -0.353 e. The molecule has 17 heavy (non-hydrogen) atoms. The Morgan fingerprint density at radius 2 is 2.00 bits per heavy atom. The van der Waals surface area contributed by atoms with Crippen molar-refractivity contribution in [1.29, 1.82) is 0 Å². The molecule has 0 aliphatic heterocycles. The quantitative estimate of drug-likeness (QED) is 0.642. The Morgan fingerprint density at radius 3 is 2.71 bits per heavy atom. The molecule has 1 N–H and O–H groups in total. The minimum atomic E-state index is -0.437. The molecule has 1 aliphatic rings. The lowest BCUT2D eigenvalue weighted by atomic mass is 10.0. The van der Waals surface area contributed by atoms with E-state index in [9.17, 15) is 14.9 Å². The topological polar surface area (TPSA) is 72.2 Å². The summed E-state index contributed by atoms with van der Waals surface area (Å²) in [5.41, 5.74) is 1.19. The van der Waals surface area contributed by atoms with Crippen LogP contribution in [0.3, 0.4) is 0 Å². The van der Waals surface area contributed by atoms with Crippen LogP contribution in [-0.4, -0.2) is 10.7 Å². The van der Waals surface area contributed by atoms with Gasteiger partial charge in [0.25, 0.3) is 5.69 Å². The van der Waals surface area contributed by atoms with Gasteiger partial charge in [0, 0.05) is 24.3 Å². The summed E-state index contributed by atoms with van der Waals surface area (Å²) in [6.07, 6.45) is 3.62. The van der Waals surface area contributed by atoms with Gasteiger partial charge in [0.15, 0.2) is 5.78 Å². The van der Waals surface area contributed by atoms with Crippen LogP contribution in [0.15, 0.2) is 36.0 Å². The van der Waals surface area contributed by atoms with Crippen molar-refractivity contribution >= 4 is 17.2 Å². The van der Waals surface area contributed by atoms with Crippen molar-refractivity contribution in [3.05, 3.63) is 46.2 Å². The average molecular weight is 232 g/mol. The lowest BCUT2D eigenvalue weighted by Crippen LogP contribution is -2.10. The molecule has 0 fully saturated rings. The first kappa shape index (κ1) is 11.3. The SMILES string of the molecule is O=C1C=C(Nc2ccccc2[N+](=O)[O-])CCC1. The first-order chi connectivity index (χ1) is 8.16. The Labute approximate surface area is 98.3 Å². The number of para-hydroxylation sites is 2. The number of carbonyl (C=O) groups is 1. The van der Waals surface area contributed by atoms with Gasteiger partial charge in [-0.25, -0.2) is 0 Å². The number of nitro groups is 1. The van der Waals surface area contributed by atoms with E-state index in [1.54, 1.807) is 18.2 Å². The van der Waals surface area contributed by atoms with Crippen LogP contribution in [-0.2, 0) is 4.79 Å². The van der Waals surface area contributed by atoms with E-state index in [0.717, 1.165) is 18.5 Å². The van der Waals surface area contributed by atoms with E-state index in [0.29, 0.717) is 12.1 Å². The standard InChI is InChI=1S/C12H12N2O3/c15-10-5-3-4-9(8-10)13-11-6-1-2-7-12(11)14(16)17/h1-2,6-8,13H,3-5H2. The number of allylic oxidation sites excluding steroid dienone is 2. The molecule has 1 aromatic rings. The van der Waals surface area contributed by atoms with Crippen molar-refractivity contribution in [3.8, 4) is 0 Å². The minimum absolute atomic E-state index is 0.0198. The van der Waals surface area contributed by atoms with Gasteiger partial charge in [-0.05, 0) is 18.9 Å². The molecule has 0 heterocycles. The van der Waals surface area contributed by atoms with Crippen LogP contribution in [0.1, 0.15) is 19.3 Å². The van der Waals surface area contributed by atoms with Gasteiger partial charge in [-0.15, -0.1) is 0 Å². The van der Waals surface area contributed by atoms with E-state index >= 15 is 0 Å². The number of anilines is 1. The number of benzene rings is 1. The highest BCUT2D eigenvalue weighted by Gasteiger charge is 2.15. The summed E-state index contributed by atoms with van der Waals surface area (Å²) >= 11 is 0. The Bertz CT molecular complexity index is 494. The number of carbonyl (C=O) groups excluding carboxylic acids is 1. The van der Waals surface area contributed by atoms with Crippen molar-refractivity contribution in [3.63, 3.8) is 0 Å². The summed E-state index contributed by atoms with van der Waals surface area (Å²) in [6.45, 7) is 0. The van der Waals surface area contributed by atoms with Gasteiger partial charge in [-0.2, -0.15) is 0 Å². The molecule has 2 rings (SSSR count). The number of nitro benzene ring substituents is 1. The molecule has 0 atom stereocenters. The van der Waals surface area contributed by atoms with Gasteiger partial charge in [0.1, 0.15) is 5.69 Å². The maximum absolute atomic E-state index is 11.2. The molecule has 0 bridgehead atoms. The van der Waals surface area contributed by atoms with Crippen LogP contribution < -0.4 is 5.32 Å². The maximum atomic E-state index is 11.2. The third-order valence-electron chi connectivity index (χ3n) is 2.60.